The largest absolute Gasteiger partial charge is 0.497 e. The van der Waals surface area contributed by atoms with Gasteiger partial charge in [0.1, 0.15) is 17.4 Å². The fourth-order valence-corrected chi connectivity index (χ4v) is 3.50. The summed E-state index contributed by atoms with van der Waals surface area (Å²) in [6.07, 6.45) is 0. The smallest absolute Gasteiger partial charge is 0.251 e. The second kappa shape index (κ2) is 8.55. The number of ether oxygens (including phenoxy) is 1. The van der Waals surface area contributed by atoms with Gasteiger partial charge in [-0.3, -0.25) is 4.79 Å². The number of hydrogen-bond acceptors (Lipinski definition) is 3. The van der Waals surface area contributed by atoms with E-state index < -0.39 is 0 Å². The highest BCUT2D eigenvalue weighted by molar-refractivity contribution is 6.31. The molecule has 0 saturated carbocycles. The topological polar surface area (TPSA) is 56.1 Å². The van der Waals surface area contributed by atoms with Gasteiger partial charge in [0.05, 0.1) is 31.2 Å². The van der Waals surface area contributed by atoms with Crippen molar-refractivity contribution in [3.05, 3.63) is 94.5 Å². The average Bonchev–Trinajstić information content (AvgIpc) is 3.12. The maximum atomic E-state index is 14.4. The first kappa shape index (κ1) is 19.9. The Balaban J connectivity index is 1.62. The number of nitrogens with zero attached hydrogens (tertiary/aromatic N) is 2. The predicted octanol–water partition coefficient (Wildman–Crippen LogP) is 4.82. The van der Waals surface area contributed by atoms with Crippen LogP contribution in [0.4, 0.5) is 4.39 Å². The number of imidazole rings is 1. The van der Waals surface area contributed by atoms with E-state index >= 15 is 0 Å². The molecule has 4 rings (SSSR count). The maximum absolute atomic E-state index is 14.4. The molecule has 0 fully saturated rings. The van der Waals surface area contributed by atoms with Crippen LogP contribution in [-0.2, 0) is 13.1 Å². The SMILES string of the molecule is COc1ccc(C(=O)NCc2nc3ccccc3n2Cc2c(F)cccc2Cl)cc1. The van der Waals surface area contributed by atoms with Gasteiger partial charge in [0.15, 0.2) is 0 Å². The van der Waals surface area contributed by atoms with Crippen LogP contribution in [0, 0.1) is 5.82 Å². The third kappa shape index (κ3) is 4.00. The molecule has 0 unspecified atom stereocenters. The Hall–Kier alpha value is -3.38. The van der Waals surface area contributed by atoms with Gasteiger partial charge in [-0.25, -0.2) is 9.37 Å². The third-order valence-electron chi connectivity index (χ3n) is 4.87. The Bertz CT molecular complexity index is 1180. The summed E-state index contributed by atoms with van der Waals surface area (Å²) >= 11 is 6.23. The van der Waals surface area contributed by atoms with Crippen LogP contribution in [0.25, 0.3) is 11.0 Å². The number of para-hydroxylation sites is 2. The molecule has 0 aliphatic carbocycles. The van der Waals surface area contributed by atoms with Crippen molar-refractivity contribution in [1.82, 2.24) is 14.9 Å². The Labute approximate surface area is 178 Å². The molecule has 3 aromatic carbocycles. The molecule has 1 amide bonds. The Morgan fingerprint density at radius 2 is 1.87 bits per heavy atom. The molecule has 0 saturated heterocycles. The molecule has 0 aliphatic rings. The molecule has 5 nitrogen and oxygen atoms in total. The lowest BCUT2D eigenvalue weighted by atomic mass is 10.2. The van der Waals surface area contributed by atoms with Crippen molar-refractivity contribution in [1.29, 1.82) is 0 Å². The molecule has 30 heavy (non-hydrogen) atoms. The van der Waals surface area contributed by atoms with Crippen LogP contribution < -0.4 is 10.1 Å². The molecule has 4 aromatic rings. The van der Waals surface area contributed by atoms with Crippen molar-refractivity contribution in [2.24, 2.45) is 0 Å². The maximum Gasteiger partial charge on any atom is 0.251 e. The van der Waals surface area contributed by atoms with E-state index in [9.17, 15) is 9.18 Å². The lowest BCUT2D eigenvalue weighted by Gasteiger charge is -2.12. The number of carbonyl (C=O) groups excluding carboxylic acids is 1. The van der Waals surface area contributed by atoms with Crippen molar-refractivity contribution in [3.63, 3.8) is 0 Å². The molecule has 0 atom stereocenters. The second-order valence-electron chi connectivity index (χ2n) is 6.71. The molecule has 0 aliphatic heterocycles. The summed E-state index contributed by atoms with van der Waals surface area (Å²) in [4.78, 5) is 17.2. The Kier molecular flexibility index (Phi) is 5.68. The molecule has 0 bridgehead atoms. The van der Waals surface area contributed by atoms with Gasteiger partial charge in [-0.2, -0.15) is 0 Å². The monoisotopic (exact) mass is 423 g/mol. The highest BCUT2D eigenvalue weighted by Gasteiger charge is 2.16. The number of methoxy groups -OCH3 is 1. The van der Waals surface area contributed by atoms with Gasteiger partial charge in [0.2, 0.25) is 0 Å². The third-order valence-corrected chi connectivity index (χ3v) is 5.22. The summed E-state index contributed by atoms with van der Waals surface area (Å²) in [5.74, 6) is 0.668. The number of halogens is 2. The van der Waals surface area contributed by atoms with E-state index in [4.69, 9.17) is 16.3 Å². The normalized spacial score (nSPS) is 10.9. The second-order valence-corrected chi connectivity index (χ2v) is 7.12. The molecular formula is C23H19ClFN3O2. The summed E-state index contributed by atoms with van der Waals surface area (Å²) < 4.78 is 21.4. The standard InChI is InChI=1S/C23H19ClFN3O2/c1-30-16-11-9-15(10-12-16)23(29)26-13-22-27-20-7-2-3-8-21(20)28(22)14-17-18(24)5-4-6-19(17)25/h2-12H,13-14H2,1H3,(H,26,29). The summed E-state index contributed by atoms with van der Waals surface area (Å²) in [6, 6.07) is 19.0. The molecule has 1 N–H and O–H groups in total. The number of aromatic nitrogens is 2. The van der Waals surface area contributed by atoms with Gasteiger partial charge in [0.25, 0.3) is 5.91 Å². The first-order valence-electron chi connectivity index (χ1n) is 9.36. The van der Waals surface area contributed by atoms with Gasteiger partial charge in [-0.05, 0) is 48.5 Å². The summed E-state index contributed by atoms with van der Waals surface area (Å²) in [7, 11) is 1.57. The zero-order valence-electron chi connectivity index (χ0n) is 16.2. The minimum absolute atomic E-state index is 0.186. The van der Waals surface area contributed by atoms with Gasteiger partial charge in [-0.1, -0.05) is 29.8 Å². The van der Waals surface area contributed by atoms with Crippen molar-refractivity contribution in [3.8, 4) is 5.75 Å². The Morgan fingerprint density at radius 1 is 1.10 bits per heavy atom. The Morgan fingerprint density at radius 3 is 2.60 bits per heavy atom. The fourth-order valence-electron chi connectivity index (χ4n) is 3.28. The van der Waals surface area contributed by atoms with Gasteiger partial charge in [0, 0.05) is 16.1 Å². The zero-order valence-corrected chi connectivity index (χ0v) is 17.0. The number of amides is 1. The van der Waals surface area contributed by atoms with Crippen molar-refractivity contribution in [2.45, 2.75) is 13.1 Å². The molecule has 152 valence electrons. The summed E-state index contributed by atoms with van der Waals surface area (Å²) in [5, 5.41) is 3.23. The molecular weight excluding hydrogens is 405 g/mol. The van der Waals surface area contributed by atoms with Crippen molar-refractivity contribution in [2.75, 3.05) is 7.11 Å². The molecule has 1 aromatic heterocycles. The van der Waals surface area contributed by atoms with E-state index in [1.54, 1.807) is 43.5 Å². The van der Waals surface area contributed by atoms with E-state index in [1.807, 2.05) is 28.8 Å². The van der Waals surface area contributed by atoms with E-state index in [2.05, 4.69) is 10.3 Å². The highest BCUT2D eigenvalue weighted by atomic mass is 35.5. The van der Waals surface area contributed by atoms with E-state index in [0.717, 1.165) is 11.0 Å². The zero-order chi connectivity index (χ0) is 21.1. The minimum atomic E-state index is -0.381. The van der Waals surface area contributed by atoms with Gasteiger partial charge >= 0.3 is 0 Å². The van der Waals surface area contributed by atoms with Crippen LogP contribution in [0.1, 0.15) is 21.7 Å². The van der Waals surface area contributed by atoms with Gasteiger partial charge in [-0.15, -0.1) is 0 Å². The molecule has 1 heterocycles. The fraction of sp³-hybridized carbons (Fsp3) is 0.130. The predicted molar refractivity (Wildman–Crippen MR) is 114 cm³/mol. The first-order chi connectivity index (χ1) is 14.6. The van der Waals surface area contributed by atoms with Gasteiger partial charge < -0.3 is 14.6 Å². The number of carbonyl (C=O) groups is 1. The molecule has 7 heteroatoms. The lowest BCUT2D eigenvalue weighted by molar-refractivity contribution is 0.0949. The lowest BCUT2D eigenvalue weighted by Crippen LogP contribution is -2.25. The van der Waals surface area contributed by atoms with E-state index in [1.165, 1.54) is 6.07 Å². The minimum Gasteiger partial charge on any atom is -0.497 e. The number of benzene rings is 3. The number of fused-ring (bicyclic) bond motifs is 1. The van der Waals surface area contributed by atoms with Crippen LogP contribution in [-0.4, -0.2) is 22.6 Å². The van der Waals surface area contributed by atoms with E-state index in [-0.39, 0.29) is 24.8 Å². The van der Waals surface area contributed by atoms with Crippen molar-refractivity contribution < 1.29 is 13.9 Å². The molecule has 0 radical (unpaired) electrons. The van der Waals surface area contributed by atoms with E-state index in [0.29, 0.717) is 27.7 Å². The first-order valence-corrected chi connectivity index (χ1v) is 9.74. The van der Waals surface area contributed by atoms with Crippen LogP contribution in [0.2, 0.25) is 5.02 Å². The van der Waals surface area contributed by atoms with Crippen LogP contribution in [0.3, 0.4) is 0 Å². The van der Waals surface area contributed by atoms with Crippen LogP contribution >= 0.6 is 11.6 Å². The number of nitrogens with one attached hydrogen (secondary N) is 1. The van der Waals surface area contributed by atoms with Crippen molar-refractivity contribution >= 4 is 28.5 Å². The van der Waals surface area contributed by atoms with Crippen LogP contribution in [0.15, 0.2) is 66.7 Å². The summed E-state index contributed by atoms with van der Waals surface area (Å²) in [5.41, 5.74) is 2.49. The van der Waals surface area contributed by atoms with Crippen LogP contribution in [0.5, 0.6) is 5.75 Å². The average molecular weight is 424 g/mol. The molecule has 0 spiro atoms. The highest BCUT2D eigenvalue weighted by Crippen LogP contribution is 2.24. The summed E-state index contributed by atoms with van der Waals surface area (Å²) in [6.45, 7) is 0.394. The number of hydrogen-bond donors (Lipinski definition) is 1. The number of rotatable bonds is 6. The quantitative estimate of drug-likeness (QED) is 0.484.